The van der Waals surface area contributed by atoms with E-state index < -0.39 is 0 Å². The molecule has 0 bridgehead atoms. The van der Waals surface area contributed by atoms with Gasteiger partial charge in [0.1, 0.15) is 0 Å². The molecule has 74 valence electrons. The molecule has 1 aliphatic carbocycles. The van der Waals surface area contributed by atoms with Gasteiger partial charge in [-0.2, -0.15) is 0 Å². The van der Waals surface area contributed by atoms with E-state index in [4.69, 9.17) is 0 Å². The lowest BCUT2D eigenvalue weighted by Gasteiger charge is -2.23. The molecule has 0 saturated heterocycles. The van der Waals surface area contributed by atoms with Crippen LogP contribution in [0.3, 0.4) is 0 Å². The van der Waals surface area contributed by atoms with Crippen molar-refractivity contribution in [2.45, 2.75) is 39.5 Å². The lowest BCUT2D eigenvalue weighted by molar-refractivity contribution is 0.0967. The average Bonchev–Trinajstić information content (AvgIpc) is 2.10. The Labute approximate surface area is 85.1 Å². The summed E-state index contributed by atoms with van der Waals surface area (Å²) in [5.41, 5.74) is 4.73. The maximum absolute atomic E-state index is 11.7. The van der Waals surface area contributed by atoms with Crippen LogP contribution in [0.25, 0.3) is 0 Å². The average molecular weight is 188 g/mol. The Morgan fingerprint density at radius 3 is 2.71 bits per heavy atom. The summed E-state index contributed by atoms with van der Waals surface area (Å²) in [5, 5.41) is 0. The second-order valence-corrected chi connectivity index (χ2v) is 4.41. The van der Waals surface area contributed by atoms with Crippen molar-refractivity contribution in [1.29, 1.82) is 0 Å². The van der Waals surface area contributed by atoms with E-state index in [0.717, 1.165) is 18.4 Å². The molecule has 2 rings (SSSR count). The Morgan fingerprint density at radius 2 is 2.00 bits per heavy atom. The summed E-state index contributed by atoms with van der Waals surface area (Å²) in [6, 6.07) is 4.22. The van der Waals surface area contributed by atoms with E-state index in [2.05, 4.69) is 26.8 Å². The fraction of sp³-hybridized carbons (Fsp3) is 0.462. The topological polar surface area (TPSA) is 17.1 Å². The number of fused-ring (bicyclic) bond motifs is 1. The molecule has 0 spiro atoms. The van der Waals surface area contributed by atoms with Crippen LogP contribution in [0.4, 0.5) is 0 Å². The molecule has 1 aliphatic rings. The second-order valence-electron chi connectivity index (χ2n) is 4.41. The first-order chi connectivity index (χ1) is 6.59. The zero-order chi connectivity index (χ0) is 10.3. The van der Waals surface area contributed by atoms with Gasteiger partial charge >= 0.3 is 0 Å². The van der Waals surface area contributed by atoms with E-state index in [9.17, 15) is 4.79 Å². The highest BCUT2D eigenvalue weighted by atomic mass is 16.1. The first-order valence-corrected chi connectivity index (χ1v) is 5.24. The van der Waals surface area contributed by atoms with Gasteiger partial charge in [0.05, 0.1) is 0 Å². The molecule has 1 atom stereocenters. The van der Waals surface area contributed by atoms with Crippen molar-refractivity contribution in [3.63, 3.8) is 0 Å². The number of benzene rings is 1. The fourth-order valence-electron chi connectivity index (χ4n) is 2.49. The minimum absolute atomic E-state index is 0.324. The standard InChI is InChI=1S/C13H16O/c1-8-6-10(3)13-9(2)4-5-12(14)11(13)7-8/h6-7,9H,4-5H2,1-3H3. The summed E-state index contributed by atoms with van der Waals surface area (Å²) in [5.74, 6) is 0.869. The van der Waals surface area contributed by atoms with E-state index in [-0.39, 0.29) is 0 Å². The van der Waals surface area contributed by atoms with Gasteiger partial charge in [-0.1, -0.05) is 18.6 Å². The predicted octanol–water partition coefficient (Wildman–Crippen LogP) is 3.38. The highest BCUT2D eigenvalue weighted by Crippen LogP contribution is 2.34. The highest BCUT2D eigenvalue weighted by molar-refractivity contribution is 5.99. The summed E-state index contributed by atoms with van der Waals surface area (Å²) >= 11 is 0. The predicted molar refractivity (Wildman–Crippen MR) is 57.9 cm³/mol. The molecule has 1 unspecified atom stereocenters. The van der Waals surface area contributed by atoms with Gasteiger partial charge in [0.2, 0.25) is 0 Å². The summed E-state index contributed by atoms with van der Waals surface area (Å²) in [6.45, 7) is 6.38. The molecule has 0 radical (unpaired) electrons. The molecule has 1 aromatic carbocycles. The zero-order valence-corrected chi connectivity index (χ0v) is 9.05. The van der Waals surface area contributed by atoms with Gasteiger partial charge in [0.25, 0.3) is 0 Å². The molecular weight excluding hydrogens is 172 g/mol. The minimum atomic E-state index is 0.324. The van der Waals surface area contributed by atoms with Crippen LogP contribution in [0.5, 0.6) is 0 Å². The van der Waals surface area contributed by atoms with Crippen LogP contribution in [0.2, 0.25) is 0 Å². The molecule has 0 aromatic heterocycles. The molecule has 1 heteroatoms. The molecule has 1 nitrogen and oxygen atoms in total. The molecular formula is C13H16O. The number of carbonyl (C=O) groups is 1. The van der Waals surface area contributed by atoms with Gasteiger partial charge < -0.3 is 0 Å². The van der Waals surface area contributed by atoms with E-state index in [1.54, 1.807) is 0 Å². The van der Waals surface area contributed by atoms with Crippen LogP contribution >= 0.6 is 0 Å². The summed E-state index contributed by atoms with van der Waals surface area (Å²) < 4.78 is 0. The highest BCUT2D eigenvalue weighted by Gasteiger charge is 2.24. The minimum Gasteiger partial charge on any atom is -0.294 e. The fourth-order valence-corrected chi connectivity index (χ4v) is 2.49. The molecule has 1 aromatic rings. The number of rotatable bonds is 0. The summed E-state index contributed by atoms with van der Waals surface area (Å²) in [7, 11) is 0. The van der Waals surface area contributed by atoms with E-state index in [1.807, 2.05) is 6.07 Å². The van der Waals surface area contributed by atoms with Gasteiger partial charge in [-0.3, -0.25) is 4.79 Å². The third kappa shape index (κ3) is 1.37. The maximum atomic E-state index is 11.7. The van der Waals surface area contributed by atoms with Crippen LogP contribution in [0.15, 0.2) is 12.1 Å². The third-order valence-electron chi connectivity index (χ3n) is 3.13. The van der Waals surface area contributed by atoms with E-state index >= 15 is 0 Å². The number of Topliss-reactive ketones (excluding diaryl/α,β-unsaturated/α-hetero) is 1. The lowest BCUT2D eigenvalue weighted by atomic mass is 9.80. The summed E-state index contributed by atoms with van der Waals surface area (Å²) in [6.07, 6.45) is 1.73. The molecule has 0 saturated carbocycles. The summed E-state index contributed by atoms with van der Waals surface area (Å²) in [4.78, 5) is 11.7. The zero-order valence-electron chi connectivity index (χ0n) is 9.05. The van der Waals surface area contributed by atoms with Crippen LogP contribution < -0.4 is 0 Å². The number of hydrogen-bond acceptors (Lipinski definition) is 1. The van der Waals surface area contributed by atoms with Gasteiger partial charge in [-0.15, -0.1) is 0 Å². The second kappa shape index (κ2) is 3.23. The SMILES string of the molecule is Cc1cc(C)c2c(c1)C(=O)CCC2C. The van der Waals surface area contributed by atoms with Crippen molar-refractivity contribution in [2.24, 2.45) is 0 Å². The first-order valence-electron chi connectivity index (χ1n) is 5.24. The molecule has 0 N–H and O–H groups in total. The maximum Gasteiger partial charge on any atom is 0.163 e. The van der Waals surface area contributed by atoms with Crippen molar-refractivity contribution in [3.8, 4) is 0 Å². The van der Waals surface area contributed by atoms with Crippen molar-refractivity contribution in [2.75, 3.05) is 0 Å². The quantitative estimate of drug-likeness (QED) is 0.610. The third-order valence-corrected chi connectivity index (χ3v) is 3.13. The number of hydrogen-bond donors (Lipinski definition) is 0. The monoisotopic (exact) mass is 188 g/mol. The number of aryl methyl sites for hydroxylation is 2. The van der Waals surface area contributed by atoms with Gasteiger partial charge in [-0.25, -0.2) is 0 Å². The largest absolute Gasteiger partial charge is 0.294 e. The van der Waals surface area contributed by atoms with Crippen LogP contribution in [-0.2, 0) is 0 Å². The van der Waals surface area contributed by atoms with Crippen LogP contribution in [-0.4, -0.2) is 5.78 Å². The van der Waals surface area contributed by atoms with Crippen LogP contribution in [0.1, 0.15) is 52.7 Å². The van der Waals surface area contributed by atoms with E-state index in [1.165, 1.54) is 16.7 Å². The first kappa shape index (κ1) is 9.45. The Kier molecular flexibility index (Phi) is 2.18. The number of ketones is 1. The lowest BCUT2D eigenvalue weighted by Crippen LogP contribution is -2.15. The van der Waals surface area contributed by atoms with Crippen molar-refractivity contribution < 1.29 is 4.79 Å². The molecule has 0 fully saturated rings. The van der Waals surface area contributed by atoms with Gasteiger partial charge in [0, 0.05) is 12.0 Å². The number of carbonyl (C=O) groups excluding carboxylic acids is 1. The Bertz CT molecular complexity index is 390. The van der Waals surface area contributed by atoms with Crippen LogP contribution in [0, 0.1) is 13.8 Å². The molecule has 0 heterocycles. The van der Waals surface area contributed by atoms with Crippen molar-refractivity contribution in [1.82, 2.24) is 0 Å². The van der Waals surface area contributed by atoms with Gasteiger partial charge in [-0.05, 0) is 43.4 Å². The smallest absolute Gasteiger partial charge is 0.163 e. The normalized spacial score (nSPS) is 20.8. The molecule has 14 heavy (non-hydrogen) atoms. The van der Waals surface area contributed by atoms with Crippen molar-refractivity contribution in [3.05, 3.63) is 34.4 Å². The Balaban J connectivity index is 2.66. The Hall–Kier alpha value is -1.11. The Morgan fingerprint density at radius 1 is 1.29 bits per heavy atom. The van der Waals surface area contributed by atoms with Crippen molar-refractivity contribution >= 4 is 5.78 Å². The molecule has 0 aliphatic heterocycles. The van der Waals surface area contributed by atoms with Gasteiger partial charge in [0.15, 0.2) is 5.78 Å². The molecule has 0 amide bonds. The van der Waals surface area contributed by atoms with E-state index in [0.29, 0.717) is 11.7 Å².